The number of likely N-dealkylation sites (tertiary alicyclic amines) is 1. The van der Waals surface area contributed by atoms with E-state index < -0.39 is 41.4 Å². The van der Waals surface area contributed by atoms with Crippen molar-refractivity contribution >= 4 is 50.2 Å². The van der Waals surface area contributed by atoms with E-state index in [1.165, 1.54) is 9.58 Å². The van der Waals surface area contributed by atoms with Crippen LogP contribution < -0.4 is 5.32 Å². The number of piperidine rings is 1. The number of hydrogen-bond donors (Lipinski definition) is 3. The van der Waals surface area contributed by atoms with Crippen molar-refractivity contribution in [2.45, 2.75) is 65.3 Å². The minimum absolute atomic E-state index is 0.0193. The first kappa shape index (κ1) is 29.9. The predicted octanol–water partition coefficient (Wildman–Crippen LogP) is 2.87. The number of carbonyl (C=O) groups excluding carboxylic acids is 3. The molecule has 0 bridgehead atoms. The van der Waals surface area contributed by atoms with Crippen molar-refractivity contribution in [3.05, 3.63) is 58.0 Å². The van der Waals surface area contributed by atoms with Gasteiger partial charge in [0.1, 0.15) is 46.9 Å². The Morgan fingerprint density at radius 2 is 1.86 bits per heavy atom. The number of ketones is 1. The van der Waals surface area contributed by atoms with E-state index in [0.717, 1.165) is 5.56 Å². The van der Waals surface area contributed by atoms with E-state index in [-0.39, 0.29) is 12.2 Å². The Morgan fingerprint density at radius 1 is 1.14 bits per heavy atom. The summed E-state index contributed by atoms with van der Waals surface area (Å²) in [6.45, 7) is 6.05. The lowest BCUT2D eigenvalue weighted by atomic mass is 9.90. The summed E-state index contributed by atoms with van der Waals surface area (Å²) in [6.07, 6.45) is 4.49. The molecule has 1 saturated heterocycles. The Balaban J connectivity index is 1.37. The van der Waals surface area contributed by atoms with E-state index in [1.807, 2.05) is 19.9 Å². The zero-order valence-electron chi connectivity index (χ0n) is 24.6. The summed E-state index contributed by atoms with van der Waals surface area (Å²) in [4.78, 5) is 59.2. The van der Waals surface area contributed by atoms with Gasteiger partial charge in [0, 0.05) is 35.2 Å². The van der Waals surface area contributed by atoms with Gasteiger partial charge in [-0.3, -0.25) is 24.0 Å². The molecule has 1 aliphatic heterocycles. The van der Waals surface area contributed by atoms with Crippen LogP contribution in [0.3, 0.4) is 0 Å². The minimum Gasteiger partial charge on any atom is -0.388 e. The molecule has 13 nitrogen and oxygen atoms in total. The third-order valence-electron chi connectivity index (χ3n) is 8.70. The summed E-state index contributed by atoms with van der Waals surface area (Å²) >= 11 is 3.32. The average molecular weight is 664 g/mol. The summed E-state index contributed by atoms with van der Waals surface area (Å²) < 4.78 is 1.90. The highest BCUT2D eigenvalue weighted by Gasteiger charge is 2.72. The molecular weight excluding hydrogens is 632 g/mol. The molecule has 1 saturated carbocycles. The van der Waals surface area contributed by atoms with Crippen molar-refractivity contribution in [3.8, 4) is 11.3 Å². The normalized spacial score (nSPS) is 22.5. The number of aliphatic hydroxyl groups excluding tert-OH is 1. The van der Waals surface area contributed by atoms with Crippen LogP contribution >= 0.6 is 15.9 Å². The van der Waals surface area contributed by atoms with Gasteiger partial charge in [0.05, 0.1) is 16.9 Å². The molecule has 3 N–H and O–H groups in total. The van der Waals surface area contributed by atoms with Gasteiger partial charge in [-0.05, 0) is 67.2 Å². The SMILES string of the molecule is Cc1ncc(-c2cc3c(C(=O)CO)nn(CC(=O)N4[C@H](C(=O)Nc5nc(Br)ccc5C)CC[C@@]5(C)C[C@@]45O)c3c(C)n2)cn1. The number of fused-ring (bicyclic) bond motifs is 2. The number of aromatic nitrogens is 6. The number of aliphatic hydroxyl groups is 2. The van der Waals surface area contributed by atoms with Crippen LogP contribution in [0, 0.1) is 26.2 Å². The Bertz CT molecular complexity index is 1840. The monoisotopic (exact) mass is 662 g/mol. The second-order valence-electron chi connectivity index (χ2n) is 11.8. The minimum atomic E-state index is -1.51. The summed E-state index contributed by atoms with van der Waals surface area (Å²) in [6, 6.07) is 4.27. The van der Waals surface area contributed by atoms with E-state index in [4.69, 9.17) is 0 Å². The third kappa shape index (κ3) is 4.96. The molecule has 0 unspecified atom stereocenters. The number of carbonyl (C=O) groups is 3. The van der Waals surface area contributed by atoms with Crippen LogP contribution in [-0.2, 0) is 16.1 Å². The fraction of sp³-hybridized carbons (Fsp3) is 0.400. The van der Waals surface area contributed by atoms with Gasteiger partial charge >= 0.3 is 0 Å². The van der Waals surface area contributed by atoms with Crippen molar-refractivity contribution in [2.75, 3.05) is 11.9 Å². The van der Waals surface area contributed by atoms with Crippen LogP contribution in [0.5, 0.6) is 0 Å². The first-order chi connectivity index (χ1) is 20.8. The molecule has 6 rings (SSSR count). The van der Waals surface area contributed by atoms with Crippen molar-refractivity contribution < 1.29 is 24.6 Å². The maximum absolute atomic E-state index is 14.1. The predicted molar refractivity (Wildman–Crippen MR) is 162 cm³/mol. The van der Waals surface area contributed by atoms with Crippen LogP contribution in [-0.4, -0.2) is 80.8 Å². The van der Waals surface area contributed by atoms with Gasteiger partial charge in [0.2, 0.25) is 17.6 Å². The highest BCUT2D eigenvalue weighted by molar-refractivity contribution is 9.10. The summed E-state index contributed by atoms with van der Waals surface area (Å²) in [5.41, 5.74) is 0.695. The Morgan fingerprint density at radius 3 is 2.57 bits per heavy atom. The van der Waals surface area contributed by atoms with Gasteiger partial charge in [0.25, 0.3) is 0 Å². The second-order valence-corrected chi connectivity index (χ2v) is 12.6. The topological polar surface area (TPSA) is 176 Å². The largest absolute Gasteiger partial charge is 0.388 e. The molecule has 3 atom stereocenters. The molecule has 4 aromatic rings. The zero-order valence-corrected chi connectivity index (χ0v) is 26.2. The zero-order chi connectivity index (χ0) is 31.6. The molecule has 5 heterocycles. The highest BCUT2D eigenvalue weighted by atomic mass is 79.9. The summed E-state index contributed by atoms with van der Waals surface area (Å²) in [5.74, 6) is -0.681. The third-order valence-corrected chi connectivity index (χ3v) is 9.15. The molecule has 228 valence electrons. The fourth-order valence-electron chi connectivity index (χ4n) is 6.14. The number of nitrogens with zero attached hydrogens (tertiary/aromatic N) is 7. The number of Topliss-reactive ketones (excluding diaryl/α,β-unsaturated/α-hetero) is 1. The highest BCUT2D eigenvalue weighted by Crippen LogP contribution is 2.64. The molecular formula is C30H31BrN8O5. The molecule has 2 amide bonds. The maximum Gasteiger partial charge on any atom is 0.248 e. The van der Waals surface area contributed by atoms with Gasteiger partial charge in [-0.15, -0.1) is 0 Å². The smallest absolute Gasteiger partial charge is 0.248 e. The molecule has 0 radical (unpaired) electrons. The van der Waals surface area contributed by atoms with Gasteiger partial charge in [0.15, 0.2) is 0 Å². The van der Waals surface area contributed by atoms with Crippen molar-refractivity contribution in [3.63, 3.8) is 0 Å². The van der Waals surface area contributed by atoms with Gasteiger partial charge in [-0.25, -0.2) is 15.0 Å². The summed E-state index contributed by atoms with van der Waals surface area (Å²) in [7, 11) is 0. The molecule has 44 heavy (non-hydrogen) atoms. The lowest BCUT2D eigenvalue weighted by molar-refractivity contribution is -0.165. The number of amides is 2. The van der Waals surface area contributed by atoms with Crippen molar-refractivity contribution in [1.29, 1.82) is 0 Å². The number of anilines is 1. The fourth-order valence-corrected chi connectivity index (χ4v) is 6.45. The second kappa shape index (κ2) is 10.8. The molecule has 0 aromatic carbocycles. The first-order valence-corrected chi connectivity index (χ1v) is 14.9. The van der Waals surface area contributed by atoms with E-state index in [2.05, 4.69) is 46.3 Å². The van der Waals surface area contributed by atoms with Crippen molar-refractivity contribution in [1.82, 2.24) is 34.6 Å². The number of aryl methyl sites for hydroxylation is 3. The van der Waals surface area contributed by atoms with Crippen LogP contribution in [0.4, 0.5) is 5.82 Å². The maximum atomic E-state index is 14.1. The number of rotatable bonds is 7. The molecule has 4 aromatic heterocycles. The van der Waals surface area contributed by atoms with Crippen LogP contribution in [0.15, 0.2) is 35.2 Å². The van der Waals surface area contributed by atoms with E-state index >= 15 is 0 Å². The molecule has 2 aliphatic rings. The molecule has 1 aliphatic carbocycles. The quantitative estimate of drug-likeness (QED) is 0.197. The van der Waals surface area contributed by atoms with Crippen LogP contribution in [0.25, 0.3) is 22.2 Å². The molecule has 14 heteroatoms. The van der Waals surface area contributed by atoms with E-state index in [9.17, 15) is 24.6 Å². The van der Waals surface area contributed by atoms with Crippen LogP contribution in [0.2, 0.25) is 0 Å². The summed E-state index contributed by atoms with van der Waals surface area (Å²) in [5, 5.41) is 29.0. The Kier molecular flexibility index (Phi) is 7.33. The van der Waals surface area contributed by atoms with Gasteiger partial charge in [-0.1, -0.05) is 13.0 Å². The molecule has 2 fully saturated rings. The first-order valence-electron chi connectivity index (χ1n) is 14.1. The Hall–Kier alpha value is -4.14. The van der Waals surface area contributed by atoms with Crippen LogP contribution in [0.1, 0.15) is 53.8 Å². The van der Waals surface area contributed by atoms with Crippen molar-refractivity contribution in [2.24, 2.45) is 5.41 Å². The number of hydrogen-bond acceptors (Lipinski definition) is 10. The number of nitrogens with one attached hydrogen (secondary N) is 1. The molecule has 0 spiro atoms. The standard InChI is InChI=1S/C30H31BrN8O5/c1-15-5-6-23(31)35-27(15)36-28(43)21-7-8-29(4)14-30(29,44)39(21)24(42)12-38-26-16(2)34-20(18-10-32-17(3)33-11-18)9-19(26)25(37-38)22(41)13-40/h5-6,9-11,21,40,44H,7-8,12-14H2,1-4H3,(H,35,36,43)/t21-,29-,30-/m0/s1. The average Bonchev–Trinajstić information content (AvgIpc) is 3.39. The number of pyridine rings is 2. The van der Waals surface area contributed by atoms with Gasteiger partial charge in [-0.2, -0.15) is 5.10 Å². The van der Waals surface area contributed by atoms with E-state index in [1.54, 1.807) is 38.4 Å². The lowest BCUT2D eigenvalue weighted by Gasteiger charge is -2.41. The van der Waals surface area contributed by atoms with E-state index in [0.29, 0.717) is 63.4 Å². The number of halogens is 1. The lowest BCUT2D eigenvalue weighted by Crippen LogP contribution is -2.59. The Labute approximate surface area is 260 Å². The van der Waals surface area contributed by atoms with Gasteiger partial charge < -0.3 is 20.4 Å².